The predicted molar refractivity (Wildman–Crippen MR) is 109 cm³/mol. The van der Waals surface area contributed by atoms with Crippen LogP contribution in [0.25, 0.3) is 33.5 Å². The van der Waals surface area contributed by atoms with Crippen molar-refractivity contribution in [3.63, 3.8) is 0 Å². The number of hydrogen-bond acceptors (Lipinski definition) is 2. The van der Waals surface area contributed by atoms with E-state index in [-0.39, 0.29) is 5.41 Å². The fourth-order valence-corrected chi connectivity index (χ4v) is 3.14. The van der Waals surface area contributed by atoms with E-state index in [1.165, 1.54) is 5.56 Å². The molecule has 2 heteroatoms. The van der Waals surface area contributed by atoms with Gasteiger partial charge < -0.3 is 0 Å². The minimum absolute atomic E-state index is 0.140. The first-order valence-corrected chi connectivity index (χ1v) is 8.95. The molecule has 26 heavy (non-hydrogen) atoms. The van der Waals surface area contributed by atoms with Gasteiger partial charge in [0.1, 0.15) is 0 Å². The predicted octanol–water partition coefficient (Wildman–Crippen LogP) is 6.26. The fourth-order valence-electron chi connectivity index (χ4n) is 3.14. The molecule has 0 aliphatic heterocycles. The molecule has 0 saturated heterocycles. The number of benzene rings is 3. The van der Waals surface area contributed by atoms with Gasteiger partial charge in [-0.05, 0) is 17.0 Å². The van der Waals surface area contributed by atoms with E-state index in [1.54, 1.807) is 0 Å². The van der Waals surface area contributed by atoms with Crippen LogP contribution in [0.1, 0.15) is 26.3 Å². The van der Waals surface area contributed by atoms with Gasteiger partial charge in [-0.3, -0.25) is 0 Å². The lowest BCUT2D eigenvalue weighted by molar-refractivity contribution is 0.590. The summed E-state index contributed by atoms with van der Waals surface area (Å²) in [6.45, 7) is 6.70. The first-order chi connectivity index (χ1) is 12.5. The molecule has 0 aliphatic carbocycles. The van der Waals surface area contributed by atoms with Crippen LogP contribution >= 0.6 is 0 Å². The number of rotatable bonds is 2. The molecule has 1 heterocycles. The van der Waals surface area contributed by atoms with E-state index in [0.717, 1.165) is 33.5 Å². The van der Waals surface area contributed by atoms with Gasteiger partial charge >= 0.3 is 0 Å². The second-order valence-corrected chi connectivity index (χ2v) is 7.61. The molecule has 2 nitrogen and oxygen atoms in total. The Morgan fingerprint density at radius 2 is 1.27 bits per heavy atom. The molecule has 0 N–H and O–H groups in total. The summed E-state index contributed by atoms with van der Waals surface area (Å²) in [5, 5.41) is 1.08. The summed E-state index contributed by atoms with van der Waals surface area (Å²) in [5.41, 5.74) is 5.57. The largest absolute Gasteiger partial charge is 0.228 e. The van der Waals surface area contributed by atoms with Gasteiger partial charge in [0.05, 0.1) is 11.2 Å². The molecule has 0 saturated carbocycles. The zero-order valence-corrected chi connectivity index (χ0v) is 15.4. The molecule has 0 fully saturated rings. The van der Waals surface area contributed by atoms with Crippen LogP contribution in [0.15, 0.2) is 78.9 Å². The first-order valence-electron chi connectivity index (χ1n) is 8.95. The summed E-state index contributed by atoms with van der Waals surface area (Å²) in [6, 6.07) is 27.1. The maximum Gasteiger partial charge on any atom is 0.160 e. The van der Waals surface area contributed by atoms with Crippen LogP contribution in [-0.4, -0.2) is 9.97 Å². The first kappa shape index (κ1) is 16.5. The monoisotopic (exact) mass is 338 g/mol. The van der Waals surface area contributed by atoms with Crippen molar-refractivity contribution in [2.75, 3.05) is 0 Å². The Hall–Kier alpha value is -3.00. The van der Waals surface area contributed by atoms with Crippen molar-refractivity contribution in [3.8, 4) is 22.6 Å². The van der Waals surface area contributed by atoms with Gasteiger partial charge in [0.2, 0.25) is 0 Å². The van der Waals surface area contributed by atoms with E-state index in [9.17, 15) is 0 Å². The van der Waals surface area contributed by atoms with Crippen molar-refractivity contribution in [2.24, 2.45) is 0 Å². The van der Waals surface area contributed by atoms with Crippen LogP contribution in [0, 0.1) is 0 Å². The van der Waals surface area contributed by atoms with Gasteiger partial charge in [-0.2, -0.15) is 0 Å². The van der Waals surface area contributed by atoms with Crippen LogP contribution in [0.4, 0.5) is 0 Å². The normalized spacial score (nSPS) is 11.7. The lowest BCUT2D eigenvalue weighted by Crippen LogP contribution is -2.10. The highest BCUT2D eigenvalue weighted by Crippen LogP contribution is 2.31. The molecule has 128 valence electrons. The zero-order chi connectivity index (χ0) is 18.1. The van der Waals surface area contributed by atoms with E-state index >= 15 is 0 Å². The quantitative estimate of drug-likeness (QED) is 0.431. The van der Waals surface area contributed by atoms with E-state index in [4.69, 9.17) is 9.97 Å². The minimum Gasteiger partial charge on any atom is -0.228 e. The van der Waals surface area contributed by atoms with Crippen molar-refractivity contribution in [1.29, 1.82) is 0 Å². The highest BCUT2D eigenvalue weighted by Gasteiger charge is 2.15. The van der Waals surface area contributed by atoms with Crippen LogP contribution in [0.3, 0.4) is 0 Å². The average molecular weight is 338 g/mol. The number of fused-ring (bicyclic) bond motifs is 1. The van der Waals surface area contributed by atoms with Crippen LogP contribution in [0.2, 0.25) is 0 Å². The molecule has 0 radical (unpaired) electrons. The van der Waals surface area contributed by atoms with Crippen LogP contribution in [0.5, 0.6) is 0 Å². The van der Waals surface area contributed by atoms with Gasteiger partial charge in [0, 0.05) is 16.5 Å². The number of hydrogen-bond donors (Lipinski definition) is 0. The van der Waals surface area contributed by atoms with Gasteiger partial charge in [-0.15, -0.1) is 0 Å². The lowest BCUT2D eigenvalue weighted by Gasteiger charge is -2.19. The summed E-state index contributed by atoms with van der Waals surface area (Å²) in [7, 11) is 0. The second kappa shape index (κ2) is 6.38. The van der Waals surface area contributed by atoms with Crippen molar-refractivity contribution in [3.05, 3.63) is 84.4 Å². The van der Waals surface area contributed by atoms with E-state index in [2.05, 4.69) is 69.3 Å². The molecule has 0 amide bonds. The molecule has 0 bridgehead atoms. The Labute approximate surface area is 154 Å². The van der Waals surface area contributed by atoms with Gasteiger partial charge in [-0.1, -0.05) is 93.6 Å². The standard InChI is InChI=1S/C24H22N2/c1-24(2,3)19-15-13-17(14-16-19)22-20-11-7-8-12-21(20)25-23(26-22)18-9-5-4-6-10-18/h4-16H,1-3H3. The van der Waals surface area contributed by atoms with Gasteiger partial charge in [0.15, 0.2) is 5.82 Å². The molecule has 0 spiro atoms. The lowest BCUT2D eigenvalue weighted by atomic mass is 9.86. The van der Waals surface area contributed by atoms with E-state index in [1.807, 2.05) is 30.3 Å². The summed E-state index contributed by atoms with van der Waals surface area (Å²) in [4.78, 5) is 9.70. The van der Waals surface area contributed by atoms with E-state index < -0.39 is 0 Å². The van der Waals surface area contributed by atoms with Crippen LogP contribution in [-0.2, 0) is 5.41 Å². The topological polar surface area (TPSA) is 25.8 Å². The van der Waals surface area contributed by atoms with Gasteiger partial charge in [-0.25, -0.2) is 9.97 Å². The Kier molecular flexibility index (Phi) is 4.04. The van der Waals surface area contributed by atoms with Crippen molar-refractivity contribution < 1.29 is 0 Å². The summed E-state index contributed by atoms with van der Waals surface area (Å²) < 4.78 is 0. The highest BCUT2D eigenvalue weighted by atomic mass is 14.9. The maximum atomic E-state index is 4.92. The molecule has 0 aliphatic rings. The van der Waals surface area contributed by atoms with Crippen molar-refractivity contribution >= 4 is 10.9 Å². The van der Waals surface area contributed by atoms with Gasteiger partial charge in [0.25, 0.3) is 0 Å². The molecule has 3 aromatic carbocycles. The molecular weight excluding hydrogens is 316 g/mol. The maximum absolute atomic E-state index is 4.92. The summed E-state index contributed by atoms with van der Waals surface area (Å²) in [6.07, 6.45) is 0. The van der Waals surface area contributed by atoms with Crippen LogP contribution < -0.4 is 0 Å². The van der Waals surface area contributed by atoms with Crippen molar-refractivity contribution in [1.82, 2.24) is 9.97 Å². The molecule has 0 atom stereocenters. The summed E-state index contributed by atoms with van der Waals surface area (Å²) >= 11 is 0. The third-order valence-corrected chi connectivity index (χ3v) is 4.66. The second-order valence-electron chi connectivity index (χ2n) is 7.61. The number of aromatic nitrogens is 2. The minimum atomic E-state index is 0.140. The average Bonchev–Trinajstić information content (AvgIpc) is 2.67. The fraction of sp³-hybridized carbons (Fsp3) is 0.167. The summed E-state index contributed by atoms with van der Waals surface area (Å²) in [5.74, 6) is 0.763. The smallest absolute Gasteiger partial charge is 0.160 e. The number of para-hydroxylation sites is 1. The third kappa shape index (κ3) is 3.11. The highest BCUT2D eigenvalue weighted by molar-refractivity contribution is 5.93. The molecule has 4 aromatic rings. The zero-order valence-electron chi connectivity index (χ0n) is 15.4. The Bertz CT molecular complexity index is 1040. The Morgan fingerprint density at radius 3 is 1.96 bits per heavy atom. The molecule has 1 aromatic heterocycles. The Balaban J connectivity index is 1.91. The molecular formula is C24H22N2. The van der Waals surface area contributed by atoms with Crippen molar-refractivity contribution in [2.45, 2.75) is 26.2 Å². The molecule has 0 unspecified atom stereocenters. The van der Waals surface area contributed by atoms with E-state index in [0.29, 0.717) is 0 Å². The Morgan fingerprint density at radius 1 is 0.615 bits per heavy atom. The third-order valence-electron chi connectivity index (χ3n) is 4.66. The molecule has 4 rings (SSSR count). The number of nitrogens with zero attached hydrogens (tertiary/aromatic N) is 2. The SMILES string of the molecule is CC(C)(C)c1ccc(-c2nc(-c3ccccc3)nc3ccccc23)cc1.